The lowest BCUT2D eigenvalue weighted by molar-refractivity contribution is 0.0697. The minimum Gasteiger partial charge on any atom is -0.381 e. The summed E-state index contributed by atoms with van der Waals surface area (Å²) in [6, 6.07) is 13.2. The van der Waals surface area contributed by atoms with Crippen LogP contribution in [-0.2, 0) is 4.74 Å². The minimum atomic E-state index is -0.0289. The number of para-hydroxylation sites is 1. The lowest BCUT2D eigenvalue weighted by Gasteiger charge is -2.25. The molecule has 0 spiro atoms. The van der Waals surface area contributed by atoms with Crippen LogP contribution in [0.5, 0.6) is 0 Å². The van der Waals surface area contributed by atoms with E-state index in [1.165, 1.54) is 0 Å². The normalized spacial score (nSPS) is 15.5. The maximum atomic E-state index is 12.4. The number of hydrogen-bond donors (Lipinski definition) is 1. The van der Waals surface area contributed by atoms with Gasteiger partial charge >= 0.3 is 0 Å². The van der Waals surface area contributed by atoms with Crippen molar-refractivity contribution in [1.29, 1.82) is 0 Å². The zero-order valence-corrected chi connectivity index (χ0v) is 13.2. The Bertz CT molecular complexity index is 902. The van der Waals surface area contributed by atoms with Crippen molar-refractivity contribution in [1.82, 2.24) is 14.5 Å². The van der Waals surface area contributed by atoms with Crippen LogP contribution >= 0.6 is 0 Å². The van der Waals surface area contributed by atoms with Gasteiger partial charge in [-0.1, -0.05) is 18.2 Å². The van der Waals surface area contributed by atoms with E-state index in [1.807, 2.05) is 30.3 Å². The standard InChI is InChI=1S/C18H18N4O2/c23-16-7-6-13-12-19-18(20-14-4-2-1-3-5-14)21-17(13)22(16)15-8-10-24-11-9-15/h1-7,12,15H,8-11H2,(H,19,20,21). The molecule has 0 atom stereocenters. The molecule has 2 aromatic heterocycles. The number of anilines is 2. The molecule has 6 heteroatoms. The molecular weight excluding hydrogens is 304 g/mol. The molecule has 3 heterocycles. The van der Waals surface area contributed by atoms with Crippen LogP contribution in [0.15, 0.2) is 53.5 Å². The molecule has 0 aliphatic carbocycles. The van der Waals surface area contributed by atoms with Crippen molar-refractivity contribution < 1.29 is 4.74 Å². The first-order valence-corrected chi connectivity index (χ1v) is 8.09. The SMILES string of the molecule is O=c1ccc2cnc(Nc3ccccc3)nc2n1C1CCOCC1. The van der Waals surface area contributed by atoms with Gasteiger partial charge < -0.3 is 10.1 Å². The number of aromatic nitrogens is 3. The second kappa shape index (κ2) is 6.41. The zero-order chi connectivity index (χ0) is 16.4. The third kappa shape index (κ3) is 2.88. The van der Waals surface area contributed by atoms with Gasteiger partial charge in [0.1, 0.15) is 5.65 Å². The van der Waals surface area contributed by atoms with Crippen molar-refractivity contribution in [2.45, 2.75) is 18.9 Å². The molecule has 1 aliphatic rings. The summed E-state index contributed by atoms with van der Waals surface area (Å²) in [6.45, 7) is 1.35. The molecule has 0 radical (unpaired) electrons. The lowest BCUT2D eigenvalue weighted by Crippen LogP contribution is -2.29. The van der Waals surface area contributed by atoms with E-state index in [9.17, 15) is 4.79 Å². The Morgan fingerprint density at radius 2 is 1.88 bits per heavy atom. The molecule has 0 bridgehead atoms. The van der Waals surface area contributed by atoms with E-state index < -0.39 is 0 Å². The Morgan fingerprint density at radius 1 is 1.08 bits per heavy atom. The number of nitrogens with zero attached hydrogens (tertiary/aromatic N) is 3. The van der Waals surface area contributed by atoms with E-state index in [0.29, 0.717) is 24.8 Å². The van der Waals surface area contributed by atoms with E-state index in [0.717, 1.165) is 23.9 Å². The van der Waals surface area contributed by atoms with Crippen molar-refractivity contribution in [2.24, 2.45) is 0 Å². The molecule has 3 aromatic rings. The largest absolute Gasteiger partial charge is 0.381 e. The minimum absolute atomic E-state index is 0.0289. The Hall–Kier alpha value is -2.73. The van der Waals surface area contributed by atoms with Crippen LogP contribution in [0.1, 0.15) is 18.9 Å². The molecule has 1 aliphatic heterocycles. The smallest absolute Gasteiger partial charge is 0.252 e. The van der Waals surface area contributed by atoms with E-state index in [1.54, 1.807) is 22.9 Å². The van der Waals surface area contributed by atoms with E-state index in [-0.39, 0.29) is 11.6 Å². The Kier molecular flexibility index (Phi) is 3.96. The fraction of sp³-hybridized carbons (Fsp3) is 0.278. The Labute approximate surface area is 139 Å². The number of rotatable bonds is 3. The van der Waals surface area contributed by atoms with Crippen LogP contribution in [0, 0.1) is 0 Å². The summed E-state index contributed by atoms with van der Waals surface area (Å²) >= 11 is 0. The topological polar surface area (TPSA) is 69.0 Å². The van der Waals surface area contributed by atoms with E-state index >= 15 is 0 Å². The van der Waals surface area contributed by atoms with Gasteiger partial charge in [0.15, 0.2) is 0 Å². The molecule has 0 amide bonds. The molecule has 122 valence electrons. The predicted octanol–water partition coefficient (Wildman–Crippen LogP) is 2.89. The summed E-state index contributed by atoms with van der Waals surface area (Å²) in [5.74, 6) is 0.486. The number of nitrogens with one attached hydrogen (secondary N) is 1. The average molecular weight is 322 g/mol. The second-order valence-corrected chi connectivity index (χ2v) is 5.85. The molecule has 1 saturated heterocycles. The molecule has 0 saturated carbocycles. The summed E-state index contributed by atoms with van der Waals surface area (Å²) in [4.78, 5) is 21.4. The predicted molar refractivity (Wildman–Crippen MR) is 92.6 cm³/mol. The summed E-state index contributed by atoms with van der Waals surface area (Å²) in [5.41, 5.74) is 1.55. The first kappa shape index (κ1) is 14.8. The first-order chi connectivity index (χ1) is 11.8. The maximum Gasteiger partial charge on any atom is 0.252 e. The van der Waals surface area contributed by atoms with Gasteiger partial charge in [-0.2, -0.15) is 4.98 Å². The van der Waals surface area contributed by atoms with Crippen LogP contribution in [-0.4, -0.2) is 27.7 Å². The summed E-state index contributed by atoms with van der Waals surface area (Å²) in [7, 11) is 0. The van der Waals surface area contributed by atoms with Crippen LogP contribution in [0.4, 0.5) is 11.6 Å². The summed E-state index contributed by atoms with van der Waals surface area (Å²) < 4.78 is 7.20. The van der Waals surface area contributed by atoms with Crippen LogP contribution in [0.2, 0.25) is 0 Å². The molecule has 1 aromatic carbocycles. The van der Waals surface area contributed by atoms with Crippen molar-refractivity contribution in [2.75, 3.05) is 18.5 Å². The summed E-state index contributed by atoms with van der Waals surface area (Å²) in [6.07, 6.45) is 3.40. The van der Waals surface area contributed by atoms with Crippen LogP contribution in [0.3, 0.4) is 0 Å². The van der Waals surface area contributed by atoms with Crippen molar-refractivity contribution in [3.63, 3.8) is 0 Å². The Balaban J connectivity index is 1.78. The second-order valence-electron chi connectivity index (χ2n) is 5.85. The van der Waals surface area contributed by atoms with Crippen molar-refractivity contribution >= 4 is 22.7 Å². The zero-order valence-electron chi connectivity index (χ0n) is 13.2. The van der Waals surface area contributed by atoms with Gasteiger partial charge in [-0.25, -0.2) is 4.98 Å². The molecule has 1 N–H and O–H groups in total. The molecular formula is C18H18N4O2. The number of hydrogen-bond acceptors (Lipinski definition) is 5. The highest BCUT2D eigenvalue weighted by Gasteiger charge is 2.19. The summed E-state index contributed by atoms with van der Waals surface area (Å²) in [5, 5.41) is 4.04. The van der Waals surface area contributed by atoms with Gasteiger partial charge in [0, 0.05) is 42.6 Å². The highest BCUT2D eigenvalue weighted by atomic mass is 16.5. The van der Waals surface area contributed by atoms with Gasteiger partial charge in [-0.05, 0) is 31.0 Å². The first-order valence-electron chi connectivity index (χ1n) is 8.09. The monoisotopic (exact) mass is 322 g/mol. The third-order valence-corrected chi connectivity index (χ3v) is 4.25. The molecule has 0 unspecified atom stereocenters. The number of fused-ring (bicyclic) bond motifs is 1. The van der Waals surface area contributed by atoms with Crippen molar-refractivity contribution in [3.8, 4) is 0 Å². The molecule has 1 fully saturated rings. The van der Waals surface area contributed by atoms with Gasteiger partial charge in [0.05, 0.1) is 0 Å². The van der Waals surface area contributed by atoms with Gasteiger partial charge in [-0.15, -0.1) is 0 Å². The fourth-order valence-electron chi connectivity index (χ4n) is 3.05. The Morgan fingerprint density at radius 3 is 2.67 bits per heavy atom. The molecule has 6 nitrogen and oxygen atoms in total. The number of pyridine rings is 1. The number of ether oxygens (including phenoxy) is 1. The molecule has 24 heavy (non-hydrogen) atoms. The van der Waals surface area contributed by atoms with Crippen LogP contribution < -0.4 is 10.9 Å². The van der Waals surface area contributed by atoms with Gasteiger partial charge in [0.2, 0.25) is 5.95 Å². The van der Waals surface area contributed by atoms with Gasteiger partial charge in [-0.3, -0.25) is 9.36 Å². The van der Waals surface area contributed by atoms with Gasteiger partial charge in [0.25, 0.3) is 5.56 Å². The highest BCUT2D eigenvalue weighted by molar-refractivity contribution is 5.75. The number of benzene rings is 1. The quantitative estimate of drug-likeness (QED) is 0.803. The maximum absolute atomic E-state index is 12.4. The highest BCUT2D eigenvalue weighted by Crippen LogP contribution is 2.23. The van der Waals surface area contributed by atoms with E-state index in [4.69, 9.17) is 4.74 Å². The third-order valence-electron chi connectivity index (χ3n) is 4.25. The van der Waals surface area contributed by atoms with Crippen molar-refractivity contribution in [3.05, 3.63) is 59.0 Å². The van der Waals surface area contributed by atoms with Crippen LogP contribution in [0.25, 0.3) is 11.0 Å². The van der Waals surface area contributed by atoms with E-state index in [2.05, 4.69) is 15.3 Å². The lowest BCUT2D eigenvalue weighted by atomic mass is 10.1. The fourth-order valence-corrected chi connectivity index (χ4v) is 3.05. The molecule has 4 rings (SSSR count). The average Bonchev–Trinajstić information content (AvgIpc) is 2.63.